The van der Waals surface area contributed by atoms with Crippen molar-refractivity contribution in [3.63, 3.8) is 0 Å². The number of alkyl halides is 3. The molecule has 2 aromatic heterocycles. The summed E-state index contributed by atoms with van der Waals surface area (Å²) < 4.78 is 54.6. The van der Waals surface area contributed by atoms with Crippen LogP contribution in [-0.4, -0.2) is 50.2 Å². The minimum atomic E-state index is -4.37. The molecule has 0 radical (unpaired) electrons. The molecule has 0 bridgehead atoms. The molecule has 0 spiro atoms. The van der Waals surface area contributed by atoms with Crippen molar-refractivity contribution in [3.8, 4) is 0 Å². The molecular weight excluding hydrogens is 476 g/mol. The number of likely N-dealkylation sites (tertiary alicyclic amines) is 1. The number of carbonyl (C=O) groups is 2. The Morgan fingerprint density at radius 1 is 1.11 bits per heavy atom. The van der Waals surface area contributed by atoms with Crippen molar-refractivity contribution in [2.45, 2.75) is 32.5 Å². The Morgan fingerprint density at radius 3 is 2.58 bits per heavy atom. The Kier molecular flexibility index (Phi) is 5.84. The molecule has 2 aromatic carbocycles. The fourth-order valence-electron chi connectivity index (χ4n) is 4.87. The molecule has 1 aliphatic heterocycles. The van der Waals surface area contributed by atoms with Gasteiger partial charge in [0.2, 0.25) is 0 Å². The van der Waals surface area contributed by atoms with Crippen molar-refractivity contribution in [1.29, 1.82) is 0 Å². The smallest absolute Gasteiger partial charge is 0.340 e. The van der Waals surface area contributed by atoms with E-state index in [1.165, 1.54) is 18.2 Å². The van der Waals surface area contributed by atoms with Crippen LogP contribution in [0.25, 0.3) is 21.8 Å². The third kappa shape index (κ3) is 4.47. The predicted octanol–water partition coefficient (Wildman–Crippen LogP) is 5.27. The number of nitrogens with zero attached hydrogens (tertiary/aromatic N) is 4. The summed E-state index contributed by atoms with van der Waals surface area (Å²) in [6.07, 6.45) is -4.30. The molecular formula is C26H24F4N4O2. The average molecular weight is 500 g/mol. The molecule has 36 heavy (non-hydrogen) atoms. The van der Waals surface area contributed by atoms with Crippen molar-refractivity contribution >= 4 is 33.5 Å². The quantitative estimate of drug-likeness (QED) is 0.268. The van der Waals surface area contributed by atoms with E-state index < -0.39 is 24.8 Å². The first kappa shape index (κ1) is 24.0. The van der Waals surface area contributed by atoms with Crippen molar-refractivity contribution in [1.82, 2.24) is 19.2 Å². The molecule has 5 rings (SSSR count). The number of benzene rings is 2. The summed E-state index contributed by atoms with van der Waals surface area (Å²) in [5.41, 5.74) is 2.84. The molecule has 188 valence electrons. The molecule has 0 atom stereocenters. The summed E-state index contributed by atoms with van der Waals surface area (Å²) in [6.45, 7) is 3.38. The number of aryl methyl sites for hydroxylation is 2. The van der Waals surface area contributed by atoms with E-state index in [-0.39, 0.29) is 23.2 Å². The second-order valence-electron chi connectivity index (χ2n) is 9.43. The zero-order valence-corrected chi connectivity index (χ0v) is 19.8. The van der Waals surface area contributed by atoms with Crippen LogP contribution in [0.2, 0.25) is 0 Å². The Bertz CT molecular complexity index is 1500. The van der Waals surface area contributed by atoms with Gasteiger partial charge in [0.25, 0.3) is 5.91 Å². The lowest BCUT2D eigenvalue weighted by Gasteiger charge is -2.39. The topological polar surface area (TPSA) is 60.1 Å². The van der Waals surface area contributed by atoms with E-state index in [4.69, 9.17) is 0 Å². The summed E-state index contributed by atoms with van der Waals surface area (Å²) >= 11 is 0. The number of Topliss-reactive ketones (excluding diaryl/α,β-unsaturated/α-hetero) is 1. The zero-order chi connectivity index (χ0) is 25.8. The summed E-state index contributed by atoms with van der Waals surface area (Å²) in [5, 5.41) is 5.94. The molecule has 3 heterocycles. The molecule has 1 saturated heterocycles. The maximum atomic E-state index is 13.5. The summed E-state index contributed by atoms with van der Waals surface area (Å²) in [6, 6.07) is 9.31. The van der Waals surface area contributed by atoms with E-state index in [0.717, 1.165) is 10.9 Å². The number of fused-ring (bicyclic) bond motifs is 2. The maximum absolute atomic E-state index is 13.5. The minimum absolute atomic E-state index is 0.117. The van der Waals surface area contributed by atoms with Crippen LogP contribution in [0.3, 0.4) is 0 Å². The van der Waals surface area contributed by atoms with Crippen LogP contribution in [0.1, 0.15) is 39.3 Å². The van der Waals surface area contributed by atoms with E-state index in [1.54, 1.807) is 52.5 Å². The second kappa shape index (κ2) is 8.76. The number of ketones is 1. The third-order valence-corrected chi connectivity index (χ3v) is 6.86. The highest BCUT2D eigenvalue weighted by atomic mass is 19.4. The van der Waals surface area contributed by atoms with Gasteiger partial charge in [0.15, 0.2) is 5.78 Å². The van der Waals surface area contributed by atoms with Gasteiger partial charge in [-0.05, 0) is 48.9 Å². The molecule has 0 aliphatic carbocycles. The van der Waals surface area contributed by atoms with Crippen LogP contribution >= 0.6 is 0 Å². The van der Waals surface area contributed by atoms with Crippen LogP contribution < -0.4 is 0 Å². The third-order valence-electron chi connectivity index (χ3n) is 6.86. The molecule has 6 nitrogen and oxygen atoms in total. The van der Waals surface area contributed by atoms with Gasteiger partial charge in [-0.3, -0.25) is 14.3 Å². The van der Waals surface area contributed by atoms with Gasteiger partial charge in [-0.15, -0.1) is 0 Å². The van der Waals surface area contributed by atoms with Gasteiger partial charge in [0.1, 0.15) is 11.5 Å². The van der Waals surface area contributed by atoms with Gasteiger partial charge in [0.05, 0.1) is 11.9 Å². The van der Waals surface area contributed by atoms with E-state index in [0.29, 0.717) is 41.8 Å². The lowest BCUT2D eigenvalue weighted by atomic mass is 9.98. The van der Waals surface area contributed by atoms with Crippen LogP contribution in [0.15, 0.2) is 42.6 Å². The zero-order valence-electron chi connectivity index (χ0n) is 19.8. The Morgan fingerprint density at radius 2 is 1.86 bits per heavy atom. The highest BCUT2D eigenvalue weighted by molar-refractivity contribution is 6.02. The van der Waals surface area contributed by atoms with Gasteiger partial charge in [-0.25, -0.2) is 4.39 Å². The largest absolute Gasteiger partial charge is 0.389 e. The fraction of sp³-hybridized carbons (Fsp3) is 0.346. The van der Waals surface area contributed by atoms with E-state index in [1.807, 2.05) is 0 Å². The van der Waals surface area contributed by atoms with Gasteiger partial charge < -0.3 is 9.47 Å². The van der Waals surface area contributed by atoms with E-state index in [2.05, 4.69) is 5.10 Å². The number of carbonyl (C=O) groups excluding carboxylic acids is 2. The molecule has 0 unspecified atom stereocenters. The number of halogens is 4. The SMILES string of the molecule is Cc1c(C(=O)CCC(F)(F)F)ccc2nn(CC3CN(C(=O)c4cc5cc(F)ccc5n4C)C3)cc12. The molecule has 10 heteroatoms. The highest BCUT2D eigenvalue weighted by Gasteiger charge is 2.33. The highest BCUT2D eigenvalue weighted by Crippen LogP contribution is 2.28. The van der Waals surface area contributed by atoms with E-state index >= 15 is 0 Å². The summed E-state index contributed by atoms with van der Waals surface area (Å²) in [4.78, 5) is 27.1. The Labute approximate surface area is 204 Å². The second-order valence-corrected chi connectivity index (χ2v) is 9.43. The van der Waals surface area contributed by atoms with Crippen molar-refractivity contribution < 1.29 is 27.2 Å². The molecule has 1 aliphatic rings. The Hall–Kier alpha value is -3.69. The monoisotopic (exact) mass is 500 g/mol. The standard InChI is InChI=1S/C26H24F4N4O2/c1-15-19(24(35)7-8-26(28,29)30)4-5-21-20(15)14-34(31-21)13-16-11-33(12-16)25(36)23-10-17-9-18(27)3-6-22(17)32(23)2/h3-6,9-10,14,16H,7-8,11-13H2,1-2H3. The fourth-order valence-corrected chi connectivity index (χ4v) is 4.87. The number of aromatic nitrogens is 3. The molecule has 4 aromatic rings. The number of hydrogen-bond acceptors (Lipinski definition) is 3. The van der Waals surface area contributed by atoms with Crippen LogP contribution in [0.5, 0.6) is 0 Å². The molecule has 0 saturated carbocycles. The van der Waals surface area contributed by atoms with Gasteiger partial charge in [-0.2, -0.15) is 18.3 Å². The van der Waals surface area contributed by atoms with Crippen LogP contribution in [-0.2, 0) is 13.6 Å². The van der Waals surface area contributed by atoms with Crippen molar-refractivity contribution in [3.05, 3.63) is 65.2 Å². The van der Waals surface area contributed by atoms with E-state index in [9.17, 15) is 27.2 Å². The lowest BCUT2D eigenvalue weighted by Crippen LogP contribution is -2.51. The Balaban J connectivity index is 1.25. The minimum Gasteiger partial charge on any atom is -0.340 e. The molecule has 1 amide bonds. The average Bonchev–Trinajstić information content (AvgIpc) is 3.34. The van der Waals surface area contributed by atoms with Crippen LogP contribution in [0.4, 0.5) is 17.6 Å². The van der Waals surface area contributed by atoms with Gasteiger partial charge in [-0.1, -0.05) is 0 Å². The van der Waals surface area contributed by atoms with Gasteiger partial charge in [0, 0.05) is 67.1 Å². The summed E-state index contributed by atoms with van der Waals surface area (Å²) in [5.74, 6) is -0.822. The van der Waals surface area contributed by atoms with Crippen molar-refractivity contribution in [2.24, 2.45) is 13.0 Å². The predicted molar refractivity (Wildman–Crippen MR) is 126 cm³/mol. The number of rotatable bonds is 6. The number of amides is 1. The summed E-state index contributed by atoms with van der Waals surface area (Å²) in [7, 11) is 1.78. The first-order valence-corrected chi connectivity index (χ1v) is 11.6. The lowest BCUT2D eigenvalue weighted by molar-refractivity contribution is -0.133. The molecule has 0 N–H and O–H groups in total. The normalized spacial score (nSPS) is 14.6. The maximum Gasteiger partial charge on any atom is 0.389 e. The van der Waals surface area contributed by atoms with Crippen molar-refractivity contribution in [2.75, 3.05) is 13.1 Å². The van der Waals surface area contributed by atoms with Gasteiger partial charge >= 0.3 is 6.18 Å². The first-order chi connectivity index (χ1) is 17.0. The number of hydrogen-bond donors (Lipinski definition) is 0. The molecule has 1 fully saturated rings. The van der Waals surface area contributed by atoms with Crippen LogP contribution in [0, 0.1) is 18.7 Å². The first-order valence-electron chi connectivity index (χ1n) is 11.6.